The molecule has 176 valence electrons. The minimum absolute atomic E-state index is 0.0656. The van der Waals surface area contributed by atoms with Gasteiger partial charge in [0.1, 0.15) is 5.67 Å². The number of ketones is 1. The second-order valence-electron chi connectivity index (χ2n) is 12.6. The normalized spacial score (nSPS) is 45.5. The number of fused-ring (bicyclic) bond motifs is 6. The monoisotopic (exact) mass is 440 g/mol. The van der Waals surface area contributed by atoms with E-state index in [2.05, 4.69) is 20.0 Å². The molecule has 0 spiro atoms. The second-order valence-corrected chi connectivity index (χ2v) is 12.6. The van der Waals surface area contributed by atoms with Crippen LogP contribution in [-0.2, 0) is 24.2 Å². The van der Waals surface area contributed by atoms with Crippen molar-refractivity contribution in [2.24, 2.45) is 40.9 Å². The molecule has 0 unspecified atom stereocenters. The quantitative estimate of drug-likeness (QED) is 0.551. The van der Waals surface area contributed by atoms with Gasteiger partial charge in [-0.3, -0.25) is 9.48 Å². The van der Waals surface area contributed by atoms with Crippen LogP contribution in [0.5, 0.6) is 0 Å². The van der Waals surface area contributed by atoms with Gasteiger partial charge in [-0.05, 0) is 124 Å². The fourth-order valence-corrected chi connectivity index (χ4v) is 9.41. The Bertz CT molecular complexity index is 870. The third kappa shape index (κ3) is 3.17. The summed E-state index contributed by atoms with van der Waals surface area (Å²) in [6.07, 6.45) is 16.2. The van der Waals surface area contributed by atoms with Crippen molar-refractivity contribution in [3.05, 3.63) is 17.5 Å². The largest absolute Gasteiger partial charge is 0.297 e. The van der Waals surface area contributed by atoms with Gasteiger partial charge >= 0.3 is 0 Å². The van der Waals surface area contributed by atoms with Crippen LogP contribution in [0.3, 0.4) is 0 Å². The lowest BCUT2D eigenvalue weighted by Crippen LogP contribution is -2.56. The van der Waals surface area contributed by atoms with E-state index in [1.807, 2.05) is 4.68 Å². The molecule has 3 nitrogen and oxygen atoms in total. The van der Waals surface area contributed by atoms with Crippen LogP contribution in [-0.4, -0.2) is 21.2 Å². The van der Waals surface area contributed by atoms with E-state index in [0.29, 0.717) is 36.0 Å². The Kier molecular flexibility index (Phi) is 5.12. The number of aryl methyl sites for hydroxylation is 2. The van der Waals surface area contributed by atoms with Crippen molar-refractivity contribution in [3.63, 3.8) is 0 Å². The summed E-state index contributed by atoms with van der Waals surface area (Å²) in [5.41, 5.74) is 1.71. The number of hydrogen-bond acceptors (Lipinski definition) is 2. The summed E-state index contributed by atoms with van der Waals surface area (Å²) in [6.45, 7) is 5.13. The average Bonchev–Trinajstić information content (AvgIpc) is 3.34. The summed E-state index contributed by atoms with van der Waals surface area (Å²) >= 11 is 0. The number of rotatable bonds is 3. The van der Waals surface area contributed by atoms with Crippen molar-refractivity contribution in [2.75, 3.05) is 0 Å². The lowest BCUT2D eigenvalue weighted by molar-refractivity contribution is -0.146. The predicted octanol–water partition coefficient (Wildman–Crippen LogP) is 6.33. The van der Waals surface area contributed by atoms with Gasteiger partial charge in [0.05, 0.1) is 12.2 Å². The van der Waals surface area contributed by atoms with E-state index < -0.39 is 5.67 Å². The number of alkyl halides is 1. The molecule has 1 aromatic heterocycles. The zero-order valence-electron chi connectivity index (χ0n) is 20.1. The summed E-state index contributed by atoms with van der Waals surface area (Å²) in [5, 5.41) is 4.76. The molecular weight excluding hydrogens is 399 g/mol. The summed E-state index contributed by atoms with van der Waals surface area (Å²) < 4.78 is 18.4. The first-order valence-corrected chi connectivity index (χ1v) is 13.7. The molecule has 4 saturated carbocycles. The fourth-order valence-electron chi connectivity index (χ4n) is 9.41. The summed E-state index contributed by atoms with van der Waals surface area (Å²) in [4.78, 5) is 13.5. The van der Waals surface area contributed by atoms with Gasteiger partial charge in [0.25, 0.3) is 0 Å². The van der Waals surface area contributed by atoms with Crippen LogP contribution >= 0.6 is 0 Å². The van der Waals surface area contributed by atoms with Crippen molar-refractivity contribution < 1.29 is 9.18 Å². The minimum Gasteiger partial charge on any atom is -0.297 e. The Morgan fingerprint density at radius 2 is 1.94 bits per heavy atom. The first-order chi connectivity index (χ1) is 15.4. The summed E-state index contributed by atoms with van der Waals surface area (Å²) in [5.74, 6) is 2.78. The molecule has 8 atom stereocenters. The van der Waals surface area contributed by atoms with Gasteiger partial charge < -0.3 is 0 Å². The molecular formula is C28H41FN2O. The molecule has 0 amide bonds. The molecule has 5 aliphatic rings. The van der Waals surface area contributed by atoms with Crippen molar-refractivity contribution in [1.29, 1.82) is 0 Å². The number of aromatic nitrogens is 2. The second kappa shape index (κ2) is 7.67. The van der Waals surface area contributed by atoms with Crippen LogP contribution in [0.25, 0.3) is 0 Å². The van der Waals surface area contributed by atoms with E-state index in [0.717, 1.165) is 64.2 Å². The van der Waals surface area contributed by atoms with Gasteiger partial charge in [0, 0.05) is 12.1 Å². The van der Waals surface area contributed by atoms with Gasteiger partial charge in [-0.1, -0.05) is 13.8 Å². The maximum absolute atomic E-state index is 16.5. The molecule has 0 bridgehead atoms. The SMILES string of the molecule is C[C@H]1CC[C@@]2(F)[C@H](CC[C@H]3[C@@H]4CC[C@H](C(=O)Cn5cc6c(n5)CCCC6)[C@@]4(C)CC[C@@H]32)C1. The molecule has 0 radical (unpaired) electrons. The Labute approximate surface area is 192 Å². The zero-order valence-corrected chi connectivity index (χ0v) is 20.1. The number of hydrogen-bond donors (Lipinski definition) is 0. The molecule has 4 heteroatoms. The Morgan fingerprint density at radius 3 is 2.78 bits per heavy atom. The minimum atomic E-state index is -0.924. The van der Waals surface area contributed by atoms with E-state index in [-0.39, 0.29) is 17.3 Å². The number of carbonyl (C=O) groups is 1. The number of halogens is 1. The molecule has 32 heavy (non-hydrogen) atoms. The number of Topliss-reactive ketones (excluding diaryl/α,β-unsaturated/α-hetero) is 1. The van der Waals surface area contributed by atoms with Crippen LogP contribution in [0, 0.1) is 40.9 Å². The maximum atomic E-state index is 16.5. The average molecular weight is 441 g/mol. The van der Waals surface area contributed by atoms with E-state index in [9.17, 15) is 4.79 Å². The highest BCUT2D eigenvalue weighted by molar-refractivity contribution is 5.82. The van der Waals surface area contributed by atoms with Crippen molar-refractivity contribution >= 4 is 5.78 Å². The third-order valence-corrected chi connectivity index (χ3v) is 11.0. The Hall–Kier alpha value is -1.19. The standard InChI is InChI=1S/C28H41FN2O/c1-18-11-14-28(29)20(15-18)7-8-21-22-9-10-24(27(22,2)13-12-23(21)28)26(32)17-31-16-19-5-3-4-6-25(19)30-31/h16,18,20-24H,3-15,17H2,1-2H3/t18-,20+,21-,22-,23-,24+,27-,28+/m0/s1. The maximum Gasteiger partial charge on any atom is 0.157 e. The zero-order chi connectivity index (χ0) is 22.1. The van der Waals surface area contributed by atoms with Crippen LogP contribution < -0.4 is 0 Å². The van der Waals surface area contributed by atoms with Crippen LogP contribution in [0.1, 0.15) is 95.7 Å². The Morgan fingerprint density at radius 1 is 1.09 bits per heavy atom. The smallest absolute Gasteiger partial charge is 0.157 e. The molecule has 4 fully saturated rings. The van der Waals surface area contributed by atoms with Gasteiger partial charge in [-0.2, -0.15) is 5.10 Å². The summed E-state index contributed by atoms with van der Waals surface area (Å²) in [6, 6.07) is 0. The van der Waals surface area contributed by atoms with Gasteiger partial charge in [0.15, 0.2) is 5.78 Å². The molecule has 1 aromatic rings. The molecule has 0 saturated heterocycles. The molecule has 0 aliphatic heterocycles. The van der Waals surface area contributed by atoms with Crippen LogP contribution in [0.15, 0.2) is 6.20 Å². The molecule has 6 rings (SSSR count). The molecule has 0 aromatic carbocycles. The van der Waals surface area contributed by atoms with E-state index in [1.165, 1.54) is 30.5 Å². The van der Waals surface area contributed by atoms with Gasteiger partial charge in [-0.15, -0.1) is 0 Å². The summed E-state index contributed by atoms with van der Waals surface area (Å²) in [7, 11) is 0. The Balaban J connectivity index is 1.19. The number of carbonyl (C=O) groups excluding carboxylic acids is 1. The highest BCUT2D eigenvalue weighted by Gasteiger charge is 2.62. The molecule has 1 heterocycles. The lowest BCUT2D eigenvalue weighted by atomic mass is 9.48. The van der Waals surface area contributed by atoms with Crippen molar-refractivity contribution in [3.8, 4) is 0 Å². The van der Waals surface area contributed by atoms with Crippen LogP contribution in [0.2, 0.25) is 0 Å². The predicted molar refractivity (Wildman–Crippen MR) is 124 cm³/mol. The number of nitrogens with zero attached hydrogens (tertiary/aromatic N) is 2. The molecule has 5 aliphatic carbocycles. The highest BCUT2D eigenvalue weighted by Crippen LogP contribution is 2.66. The lowest BCUT2D eigenvalue weighted by Gasteiger charge is -2.58. The molecule has 0 N–H and O–H groups in total. The first kappa shape index (κ1) is 21.4. The topological polar surface area (TPSA) is 34.9 Å². The highest BCUT2D eigenvalue weighted by atomic mass is 19.1. The van der Waals surface area contributed by atoms with Gasteiger partial charge in [-0.25, -0.2) is 4.39 Å². The van der Waals surface area contributed by atoms with Crippen LogP contribution in [0.4, 0.5) is 4.39 Å². The first-order valence-electron chi connectivity index (χ1n) is 13.7. The van der Waals surface area contributed by atoms with Crippen molar-refractivity contribution in [2.45, 2.75) is 110 Å². The van der Waals surface area contributed by atoms with E-state index in [4.69, 9.17) is 5.10 Å². The fraction of sp³-hybridized carbons (Fsp3) is 0.857. The van der Waals surface area contributed by atoms with Gasteiger partial charge in [0.2, 0.25) is 0 Å². The van der Waals surface area contributed by atoms with E-state index >= 15 is 4.39 Å². The van der Waals surface area contributed by atoms with Crippen molar-refractivity contribution in [1.82, 2.24) is 9.78 Å². The third-order valence-electron chi connectivity index (χ3n) is 11.0. The van der Waals surface area contributed by atoms with E-state index in [1.54, 1.807) is 0 Å².